The first kappa shape index (κ1) is 23.5. The van der Waals surface area contributed by atoms with Crippen molar-refractivity contribution in [2.24, 2.45) is 0 Å². The number of hydrogen-bond donors (Lipinski definition) is 2. The van der Waals surface area contributed by atoms with Crippen molar-refractivity contribution in [1.82, 2.24) is 19.3 Å². The first-order valence-electron chi connectivity index (χ1n) is 9.51. The molecule has 2 N–H and O–H groups in total. The number of aromatic amines is 1. The summed E-state index contributed by atoms with van der Waals surface area (Å²) in [4.78, 5) is 29.4. The molecule has 0 aliphatic heterocycles. The van der Waals surface area contributed by atoms with E-state index in [0.29, 0.717) is 4.52 Å². The van der Waals surface area contributed by atoms with Crippen LogP contribution in [-0.4, -0.2) is 28.9 Å². The van der Waals surface area contributed by atoms with Gasteiger partial charge in [-0.05, 0) is 24.6 Å². The van der Waals surface area contributed by atoms with E-state index < -0.39 is 43.8 Å². The van der Waals surface area contributed by atoms with Gasteiger partial charge in [0.15, 0.2) is 5.65 Å². The summed E-state index contributed by atoms with van der Waals surface area (Å²) in [5.41, 5.74) is -4.08. The van der Waals surface area contributed by atoms with E-state index in [4.69, 9.17) is 11.6 Å². The number of hydrogen-bond acceptors (Lipinski definition) is 5. The van der Waals surface area contributed by atoms with Crippen molar-refractivity contribution in [3.05, 3.63) is 86.9 Å². The number of benzene rings is 2. The minimum absolute atomic E-state index is 0.137. The second-order valence-corrected chi connectivity index (χ2v) is 9.19. The Bertz CT molecular complexity index is 1600. The quantitative estimate of drug-likeness (QED) is 0.434. The fraction of sp³-hybridized carbons (Fsp3) is 0.0952. The van der Waals surface area contributed by atoms with Gasteiger partial charge >= 0.3 is 6.18 Å². The maximum absolute atomic E-state index is 13.8. The van der Waals surface area contributed by atoms with Crippen molar-refractivity contribution in [3.8, 4) is 11.1 Å². The molecule has 13 heteroatoms. The van der Waals surface area contributed by atoms with Gasteiger partial charge in [-0.3, -0.25) is 14.7 Å². The molecule has 2 aromatic heterocycles. The van der Waals surface area contributed by atoms with E-state index in [9.17, 15) is 31.2 Å². The van der Waals surface area contributed by atoms with Gasteiger partial charge in [0.2, 0.25) is 0 Å². The molecule has 0 saturated carbocycles. The number of H-pyrrole nitrogens is 1. The highest BCUT2D eigenvalue weighted by Crippen LogP contribution is 2.38. The number of fused-ring (bicyclic) bond motifs is 1. The Kier molecular flexibility index (Phi) is 5.74. The fourth-order valence-electron chi connectivity index (χ4n) is 3.41. The first-order chi connectivity index (χ1) is 15.9. The number of aryl methyl sites for hydroxylation is 1. The summed E-state index contributed by atoms with van der Waals surface area (Å²) in [5.74, 6) is -1.37. The summed E-state index contributed by atoms with van der Waals surface area (Å²) in [6.45, 7) is 1.22. The van der Waals surface area contributed by atoms with Crippen LogP contribution in [0.4, 0.5) is 13.2 Å². The Morgan fingerprint density at radius 3 is 2.32 bits per heavy atom. The SMILES string of the molecule is Cc1nc2c(-c3ccccc3)c(C(F)(F)F)[nH]n2c(=O)c1C(=O)NS(=O)(=O)c1ccccc1Cl. The molecule has 0 fully saturated rings. The molecule has 176 valence electrons. The lowest BCUT2D eigenvalue weighted by molar-refractivity contribution is -0.140. The molecule has 0 bridgehead atoms. The molecule has 0 spiro atoms. The Balaban J connectivity index is 1.89. The van der Waals surface area contributed by atoms with Crippen LogP contribution in [0.3, 0.4) is 0 Å². The third-order valence-corrected chi connectivity index (χ3v) is 6.72. The monoisotopic (exact) mass is 510 g/mol. The van der Waals surface area contributed by atoms with E-state index in [1.165, 1.54) is 49.4 Å². The van der Waals surface area contributed by atoms with Gasteiger partial charge in [-0.25, -0.2) is 18.1 Å². The van der Waals surface area contributed by atoms with Gasteiger partial charge in [0, 0.05) is 0 Å². The van der Waals surface area contributed by atoms with Gasteiger partial charge in [-0.2, -0.15) is 17.7 Å². The Morgan fingerprint density at radius 2 is 1.71 bits per heavy atom. The van der Waals surface area contributed by atoms with Crippen LogP contribution in [0.2, 0.25) is 5.02 Å². The number of alkyl halides is 3. The highest BCUT2D eigenvalue weighted by molar-refractivity contribution is 7.90. The van der Waals surface area contributed by atoms with Crippen molar-refractivity contribution < 1.29 is 26.4 Å². The molecule has 0 saturated heterocycles. The van der Waals surface area contributed by atoms with Crippen LogP contribution in [0.5, 0.6) is 0 Å². The predicted molar refractivity (Wildman–Crippen MR) is 117 cm³/mol. The van der Waals surface area contributed by atoms with Crippen LogP contribution < -0.4 is 10.3 Å². The number of rotatable bonds is 4. The lowest BCUT2D eigenvalue weighted by Crippen LogP contribution is -2.37. The van der Waals surface area contributed by atoms with Crippen molar-refractivity contribution in [3.63, 3.8) is 0 Å². The van der Waals surface area contributed by atoms with Crippen molar-refractivity contribution in [2.45, 2.75) is 18.0 Å². The Hall–Kier alpha value is -3.64. The van der Waals surface area contributed by atoms with Crippen LogP contribution in [0, 0.1) is 6.92 Å². The maximum atomic E-state index is 13.8. The molecular formula is C21H14ClF3N4O4S. The van der Waals surface area contributed by atoms with Gasteiger partial charge in [0.1, 0.15) is 16.2 Å². The lowest BCUT2D eigenvalue weighted by Gasteiger charge is -2.10. The van der Waals surface area contributed by atoms with E-state index in [1.807, 2.05) is 5.10 Å². The Labute approximate surface area is 195 Å². The number of halogens is 4. The Morgan fingerprint density at radius 1 is 1.09 bits per heavy atom. The van der Waals surface area contributed by atoms with Crippen LogP contribution in [0.1, 0.15) is 21.7 Å². The molecule has 0 radical (unpaired) electrons. The van der Waals surface area contributed by atoms with E-state index in [0.717, 1.165) is 6.07 Å². The van der Waals surface area contributed by atoms with Gasteiger partial charge in [-0.1, -0.05) is 54.1 Å². The molecule has 0 atom stereocenters. The summed E-state index contributed by atoms with van der Waals surface area (Å²) in [6, 6.07) is 12.8. The molecule has 34 heavy (non-hydrogen) atoms. The number of carbonyl (C=O) groups excluding carboxylic acids is 1. The summed E-state index contributed by atoms with van der Waals surface area (Å²) in [7, 11) is -4.49. The molecule has 0 aliphatic rings. The standard InChI is InChI=1S/C21H14ClF3N4O4S/c1-11-15(19(30)28-34(32,33)14-10-6-5-9-13(14)22)20(31)29-18(26-11)16(12-7-3-2-4-8-12)17(27-29)21(23,24)25/h2-10,27H,1H3,(H,28,30). The van der Waals surface area contributed by atoms with E-state index in [2.05, 4.69) is 4.98 Å². The summed E-state index contributed by atoms with van der Waals surface area (Å²) in [5, 5.41) is 1.79. The average molecular weight is 511 g/mol. The number of aromatic nitrogens is 3. The van der Waals surface area contributed by atoms with Gasteiger partial charge in [0.25, 0.3) is 21.5 Å². The molecule has 4 rings (SSSR count). The van der Waals surface area contributed by atoms with E-state index in [1.54, 1.807) is 10.8 Å². The molecule has 2 aromatic carbocycles. The molecule has 0 unspecified atom stereocenters. The number of sulfonamides is 1. The third kappa shape index (κ3) is 4.05. The number of nitrogens with one attached hydrogen (secondary N) is 2. The molecular weight excluding hydrogens is 497 g/mol. The molecule has 2 heterocycles. The van der Waals surface area contributed by atoms with Crippen molar-refractivity contribution in [1.29, 1.82) is 0 Å². The second kappa shape index (κ2) is 8.29. The number of carbonyl (C=O) groups is 1. The van der Waals surface area contributed by atoms with E-state index in [-0.39, 0.29) is 27.5 Å². The topological polar surface area (TPSA) is 113 Å². The number of amides is 1. The highest BCUT2D eigenvalue weighted by atomic mass is 35.5. The summed E-state index contributed by atoms with van der Waals surface area (Å²) >= 11 is 5.88. The maximum Gasteiger partial charge on any atom is 0.433 e. The molecule has 1 amide bonds. The smallest absolute Gasteiger partial charge is 0.284 e. The second-order valence-electron chi connectivity index (χ2n) is 7.13. The van der Waals surface area contributed by atoms with E-state index >= 15 is 0 Å². The minimum atomic E-state index is -4.88. The zero-order valence-electron chi connectivity index (χ0n) is 17.1. The molecule has 0 aliphatic carbocycles. The van der Waals surface area contributed by atoms with Crippen LogP contribution >= 0.6 is 11.6 Å². The minimum Gasteiger partial charge on any atom is -0.284 e. The van der Waals surface area contributed by atoms with Gasteiger partial charge in [-0.15, -0.1) is 0 Å². The summed E-state index contributed by atoms with van der Waals surface area (Å²) in [6.07, 6.45) is -4.88. The average Bonchev–Trinajstić information content (AvgIpc) is 3.14. The normalized spacial score (nSPS) is 12.1. The van der Waals surface area contributed by atoms with Gasteiger partial charge < -0.3 is 0 Å². The summed E-state index contributed by atoms with van der Waals surface area (Å²) < 4.78 is 68.7. The molecule has 8 nitrogen and oxygen atoms in total. The zero-order chi connectivity index (χ0) is 24.8. The fourth-order valence-corrected chi connectivity index (χ4v) is 4.89. The number of nitrogens with zero attached hydrogens (tertiary/aromatic N) is 2. The first-order valence-corrected chi connectivity index (χ1v) is 11.4. The van der Waals surface area contributed by atoms with Crippen LogP contribution in [0.15, 0.2) is 64.3 Å². The third-order valence-electron chi connectivity index (χ3n) is 4.89. The van der Waals surface area contributed by atoms with Crippen LogP contribution in [-0.2, 0) is 16.2 Å². The van der Waals surface area contributed by atoms with Crippen molar-refractivity contribution in [2.75, 3.05) is 0 Å². The van der Waals surface area contributed by atoms with Crippen molar-refractivity contribution >= 4 is 33.2 Å². The predicted octanol–water partition coefficient (Wildman–Crippen LogP) is 3.79. The largest absolute Gasteiger partial charge is 0.433 e. The zero-order valence-corrected chi connectivity index (χ0v) is 18.7. The van der Waals surface area contributed by atoms with Crippen LogP contribution in [0.25, 0.3) is 16.8 Å². The highest BCUT2D eigenvalue weighted by Gasteiger charge is 2.38. The molecule has 4 aromatic rings. The lowest BCUT2D eigenvalue weighted by atomic mass is 10.1. The van der Waals surface area contributed by atoms with Gasteiger partial charge in [0.05, 0.1) is 16.3 Å².